The van der Waals surface area contributed by atoms with Crippen molar-refractivity contribution in [3.63, 3.8) is 0 Å². The van der Waals surface area contributed by atoms with Crippen LogP contribution in [0.25, 0.3) is 0 Å². The highest BCUT2D eigenvalue weighted by Gasteiger charge is 2.27. The van der Waals surface area contributed by atoms with Crippen LogP contribution in [0, 0.1) is 0 Å². The van der Waals surface area contributed by atoms with Gasteiger partial charge in [0, 0.05) is 12.7 Å². The predicted octanol–water partition coefficient (Wildman–Crippen LogP) is 3.75. The summed E-state index contributed by atoms with van der Waals surface area (Å²) in [7, 11) is 1.44. The highest BCUT2D eigenvalue weighted by atomic mass is 16.7. The number of rotatable bonds is 3. The molecule has 0 saturated carbocycles. The van der Waals surface area contributed by atoms with Crippen molar-refractivity contribution in [2.24, 2.45) is 0 Å². The van der Waals surface area contributed by atoms with Crippen molar-refractivity contribution in [1.29, 1.82) is 0 Å². The molecule has 118 valence electrons. The molecule has 21 heavy (non-hydrogen) atoms. The van der Waals surface area contributed by atoms with Crippen LogP contribution in [0.3, 0.4) is 0 Å². The minimum Gasteiger partial charge on any atom is -0.507 e. The number of ether oxygens (including phenoxy) is 2. The maximum atomic E-state index is 12.1. The Kier molecular flexibility index (Phi) is 5.05. The van der Waals surface area contributed by atoms with E-state index in [4.69, 9.17) is 9.47 Å². The van der Waals surface area contributed by atoms with E-state index in [9.17, 15) is 9.90 Å². The second-order valence-corrected chi connectivity index (χ2v) is 7.26. The third kappa shape index (κ3) is 4.21. The van der Waals surface area contributed by atoms with Crippen LogP contribution in [-0.4, -0.2) is 25.0 Å². The fourth-order valence-electron chi connectivity index (χ4n) is 1.98. The van der Waals surface area contributed by atoms with Crippen LogP contribution in [0.5, 0.6) is 5.75 Å². The third-order valence-electron chi connectivity index (χ3n) is 3.31. The standard InChI is InChI=1S/C17H26O4/c1-16(2,3)11-8-12(15(19)21-10-20-7)14(18)13(9-11)17(4,5)6/h8-9,18H,10H2,1-7H3. The maximum Gasteiger partial charge on any atom is 0.344 e. The molecule has 0 bridgehead atoms. The fraction of sp³-hybridized carbons (Fsp3) is 0.588. The van der Waals surface area contributed by atoms with Crippen LogP contribution in [0.4, 0.5) is 0 Å². The number of carbonyl (C=O) groups excluding carboxylic acids is 1. The second kappa shape index (κ2) is 6.06. The minimum atomic E-state index is -0.578. The number of hydrogen-bond acceptors (Lipinski definition) is 4. The second-order valence-electron chi connectivity index (χ2n) is 7.26. The van der Waals surface area contributed by atoms with Gasteiger partial charge in [-0.1, -0.05) is 47.6 Å². The number of phenolic OH excluding ortho intramolecular Hbond substituents is 1. The summed E-state index contributed by atoms with van der Waals surface area (Å²) in [5.74, 6) is -0.595. The quantitative estimate of drug-likeness (QED) is 0.681. The Morgan fingerprint density at radius 2 is 1.67 bits per heavy atom. The van der Waals surface area contributed by atoms with Gasteiger partial charge in [0.1, 0.15) is 11.3 Å². The summed E-state index contributed by atoms with van der Waals surface area (Å²) < 4.78 is 9.72. The lowest BCUT2D eigenvalue weighted by molar-refractivity contribution is -0.0127. The number of phenols is 1. The van der Waals surface area contributed by atoms with Crippen LogP contribution in [-0.2, 0) is 20.3 Å². The molecule has 0 saturated heterocycles. The molecule has 0 fully saturated rings. The van der Waals surface area contributed by atoms with Gasteiger partial charge in [0.05, 0.1) is 0 Å². The van der Waals surface area contributed by atoms with E-state index in [0.717, 1.165) is 11.1 Å². The normalized spacial score (nSPS) is 12.3. The Labute approximate surface area is 127 Å². The molecule has 1 rings (SSSR count). The maximum absolute atomic E-state index is 12.1. The van der Waals surface area contributed by atoms with E-state index in [0.29, 0.717) is 0 Å². The van der Waals surface area contributed by atoms with Crippen LogP contribution < -0.4 is 0 Å². The van der Waals surface area contributed by atoms with Crippen LogP contribution in [0.1, 0.15) is 63.0 Å². The van der Waals surface area contributed by atoms with E-state index in [1.54, 1.807) is 6.07 Å². The van der Waals surface area contributed by atoms with Gasteiger partial charge >= 0.3 is 5.97 Å². The van der Waals surface area contributed by atoms with Crippen molar-refractivity contribution < 1.29 is 19.4 Å². The molecule has 0 aliphatic rings. The van der Waals surface area contributed by atoms with Gasteiger partial charge in [0.25, 0.3) is 0 Å². The molecule has 0 aromatic heterocycles. The van der Waals surface area contributed by atoms with E-state index < -0.39 is 5.97 Å². The van der Waals surface area contributed by atoms with Gasteiger partial charge in [-0.15, -0.1) is 0 Å². The number of benzene rings is 1. The summed E-state index contributed by atoms with van der Waals surface area (Å²) in [4.78, 5) is 12.1. The zero-order valence-electron chi connectivity index (χ0n) is 14.0. The highest BCUT2D eigenvalue weighted by molar-refractivity contribution is 5.93. The summed E-state index contributed by atoms with van der Waals surface area (Å²) in [6, 6.07) is 3.66. The molecule has 4 heteroatoms. The first-order valence-electron chi connectivity index (χ1n) is 7.02. The minimum absolute atomic E-state index is 0.0170. The Morgan fingerprint density at radius 3 is 2.10 bits per heavy atom. The molecular weight excluding hydrogens is 268 g/mol. The first-order chi connectivity index (χ1) is 9.48. The monoisotopic (exact) mass is 294 g/mol. The zero-order chi connectivity index (χ0) is 16.4. The van der Waals surface area contributed by atoms with Gasteiger partial charge in [-0.25, -0.2) is 4.79 Å². The average Bonchev–Trinajstić information content (AvgIpc) is 2.33. The van der Waals surface area contributed by atoms with Crippen molar-refractivity contribution >= 4 is 5.97 Å². The highest BCUT2D eigenvalue weighted by Crippen LogP contribution is 2.37. The average molecular weight is 294 g/mol. The smallest absolute Gasteiger partial charge is 0.344 e. The molecule has 0 atom stereocenters. The molecule has 0 amide bonds. The van der Waals surface area contributed by atoms with Crippen molar-refractivity contribution in [3.05, 3.63) is 28.8 Å². The van der Waals surface area contributed by atoms with Crippen LogP contribution >= 0.6 is 0 Å². The largest absolute Gasteiger partial charge is 0.507 e. The molecule has 1 aromatic rings. The lowest BCUT2D eigenvalue weighted by Gasteiger charge is -2.27. The Hall–Kier alpha value is -1.55. The number of aromatic hydroxyl groups is 1. The van der Waals surface area contributed by atoms with Gasteiger partial charge in [-0.05, 0) is 22.5 Å². The van der Waals surface area contributed by atoms with Gasteiger partial charge in [0.2, 0.25) is 0 Å². The summed E-state index contributed by atoms with van der Waals surface area (Å²) >= 11 is 0. The van der Waals surface area contributed by atoms with Crippen molar-refractivity contribution in [2.75, 3.05) is 13.9 Å². The zero-order valence-corrected chi connectivity index (χ0v) is 14.0. The third-order valence-corrected chi connectivity index (χ3v) is 3.31. The SMILES string of the molecule is COCOC(=O)c1cc(C(C)(C)C)cc(C(C)(C)C)c1O. The first kappa shape index (κ1) is 17.5. The molecule has 0 aliphatic carbocycles. The fourth-order valence-corrected chi connectivity index (χ4v) is 1.98. The van der Waals surface area contributed by atoms with Crippen LogP contribution in [0.2, 0.25) is 0 Å². The molecule has 0 unspecified atom stereocenters. The topological polar surface area (TPSA) is 55.8 Å². The number of hydrogen-bond donors (Lipinski definition) is 1. The lowest BCUT2D eigenvalue weighted by atomic mass is 9.79. The predicted molar refractivity (Wildman–Crippen MR) is 82.8 cm³/mol. The van der Waals surface area contributed by atoms with Crippen molar-refractivity contribution in [1.82, 2.24) is 0 Å². The van der Waals surface area contributed by atoms with E-state index in [1.165, 1.54) is 7.11 Å². The number of methoxy groups -OCH3 is 1. The van der Waals surface area contributed by atoms with Crippen molar-refractivity contribution in [3.8, 4) is 5.75 Å². The summed E-state index contributed by atoms with van der Waals surface area (Å²) in [6.07, 6.45) is 0. The van der Waals surface area contributed by atoms with Crippen LogP contribution in [0.15, 0.2) is 12.1 Å². The van der Waals surface area contributed by atoms with E-state index in [-0.39, 0.29) is 28.9 Å². The summed E-state index contributed by atoms with van der Waals surface area (Å²) in [5.41, 5.74) is 1.49. The van der Waals surface area contributed by atoms with Gasteiger partial charge in [0.15, 0.2) is 6.79 Å². The van der Waals surface area contributed by atoms with E-state index in [1.807, 2.05) is 26.8 Å². The molecule has 0 heterocycles. The molecule has 4 nitrogen and oxygen atoms in total. The molecule has 1 aromatic carbocycles. The molecule has 0 radical (unpaired) electrons. The van der Waals surface area contributed by atoms with Gasteiger partial charge in [-0.3, -0.25) is 0 Å². The molecular formula is C17H26O4. The van der Waals surface area contributed by atoms with E-state index >= 15 is 0 Å². The molecule has 0 aliphatic heterocycles. The summed E-state index contributed by atoms with van der Waals surface area (Å²) in [5, 5.41) is 10.4. The van der Waals surface area contributed by atoms with Crippen molar-refractivity contribution in [2.45, 2.75) is 52.4 Å². The Morgan fingerprint density at radius 1 is 1.10 bits per heavy atom. The Balaban J connectivity index is 3.45. The Bertz CT molecular complexity index is 519. The molecule has 0 spiro atoms. The lowest BCUT2D eigenvalue weighted by Crippen LogP contribution is -2.19. The van der Waals surface area contributed by atoms with Gasteiger partial charge < -0.3 is 14.6 Å². The summed E-state index contributed by atoms with van der Waals surface area (Å²) in [6.45, 7) is 12.1. The van der Waals surface area contributed by atoms with Gasteiger partial charge in [-0.2, -0.15) is 0 Å². The molecule has 1 N–H and O–H groups in total. The van der Waals surface area contributed by atoms with E-state index in [2.05, 4.69) is 20.8 Å². The number of carbonyl (C=O) groups is 1. The first-order valence-corrected chi connectivity index (χ1v) is 7.02. The number of esters is 1.